The second-order valence-corrected chi connectivity index (χ2v) is 4.49. The van der Waals surface area contributed by atoms with E-state index in [4.69, 9.17) is 0 Å². The first-order valence-corrected chi connectivity index (χ1v) is 6.21. The maximum absolute atomic E-state index is 11.5. The van der Waals surface area contributed by atoms with Crippen LogP contribution in [0.4, 0.5) is 0 Å². The van der Waals surface area contributed by atoms with Crippen molar-refractivity contribution >= 4 is 12.0 Å². The molecule has 1 aliphatic rings. The van der Waals surface area contributed by atoms with E-state index in [1.807, 2.05) is 22.8 Å². The van der Waals surface area contributed by atoms with Gasteiger partial charge in [-0.25, -0.2) is 4.79 Å². The molecule has 0 spiro atoms. The predicted octanol–water partition coefficient (Wildman–Crippen LogP) is 2.54. The molecule has 0 saturated heterocycles. The molecular formula is C15H11N3O2. The van der Waals surface area contributed by atoms with Crippen molar-refractivity contribution in [1.29, 1.82) is 5.26 Å². The summed E-state index contributed by atoms with van der Waals surface area (Å²) in [5, 5.41) is 18.8. The lowest BCUT2D eigenvalue weighted by molar-refractivity contribution is 0.0696. The quantitative estimate of drug-likeness (QED) is 0.904. The van der Waals surface area contributed by atoms with Crippen molar-refractivity contribution in [2.24, 2.45) is 0 Å². The summed E-state index contributed by atoms with van der Waals surface area (Å²) in [6, 6.07) is 5.64. The zero-order valence-electron chi connectivity index (χ0n) is 10.6. The Morgan fingerprint density at radius 3 is 3.00 bits per heavy atom. The van der Waals surface area contributed by atoms with Crippen molar-refractivity contribution in [2.75, 3.05) is 0 Å². The van der Waals surface area contributed by atoms with Crippen LogP contribution in [-0.2, 0) is 6.54 Å². The molecule has 2 aromatic rings. The highest BCUT2D eigenvalue weighted by atomic mass is 16.4. The Kier molecular flexibility index (Phi) is 2.84. The van der Waals surface area contributed by atoms with Gasteiger partial charge in [0.15, 0.2) is 0 Å². The van der Waals surface area contributed by atoms with Gasteiger partial charge in [0.2, 0.25) is 0 Å². The number of hydrogen-bond donors (Lipinski definition) is 1. The number of pyridine rings is 1. The summed E-state index contributed by atoms with van der Waals surface area (Å²) in [5.74, 6) is -1.08. The van der Waals surface area contributed by atoms with E-state index in [9.17, 15) is 15.2 Å². The first-order valence-electron chi connectivity index (χ1n) is 6.21. The van der Waals surface area contributed by atoms with Crippen LogP contribution in [0.2, 0.25) is 0 Å². The van der Waals surface area contributed by atoms with Crippen molar-refractivity contribution in [3.05, 3.63) is 47.4 Å². The van der Waals surface area contributed by atoms with E-state index < -0.39 is 5.97 Å². The van der Waals surface area contributed by atoms with Crippen molar-refractivity contribution < 1.29 is 9.90 Å². The fourth-order valence-corrected chi connectivity index (χ4v) is 2.57. The highest BCUT2D eigenvalue weighted by Gasteiger charge is 2.27. The Hall–Kier alpha value is -2.87. The van der Waals surface area contributed by atoms with Gasteiger partial charge in [-0.3, -0.25) is 4.98 Å². The molecule has 5 nitrogen and oxygen atoms in total. The molecule has 1 aliphatic heterocycles. The molecule has 1 N–H and O–H groups in total. The van der Waals surface area contributed by atoms with Crippen LogP contribution in [0.25, 0.3) is 17.3 Å². The van der Waals surface area contributed by atoms with Gasteiger partial charge in [-0.15, -0.1) is 0 Å². The van der Waals surface area contributed by atoms with E-state index in [-0.39, 0.29) is 11.1 Å². The van der Waals surface area contributed by atoms with Gasteiger partial charge in [0.05, 0.1) is 17.0 Å². The van der Waals surface area contributed by atoms with Crippen LogP contribution in [0.3, 0.4) is 0 Å². The molecule has 0 atom stereocenters. The van der Waals surface area contributed by atoms with E-state index in [0.29, 0.717) is 17.9 Å². The van der Waals surface area contributed by atoms with Crippen LogP contribution >= 0.6 is 0 Å². The van der Waals surface area contributed by atoms with Crippen LogP contribution < -0.4 is 0 Å². The number of nitrogens with zero attached hydrogens (tertiary/aromatic N) is 3. The van der Waals surface area contributed by atoms with Crippen molar-refractivity contribution in [2.45, 2.75) is 13.0 Å². The smallest absolute Gasteiger partial charge is 0.339 e. The molecule has 2 aromatic heterocycles. The molecule has 3 heterocycles. The van der Waals surface area contributed by atoms with Crippen molar-refractivity contribution in [3.8, 4) is 17.3 Å². The highest BCUT2D eigenvalue weighted by Crippen LogP contribution is 2.33. The minimum absolute atomic E-state index is 0.0716. The summed E-state index contributed by atoms with van der Waals surface area (Å²) in [7, 11) is 0. The van der Waals surface area contributed by atoms with Gasteiger partial charge < -0.3 is 9.67 Å². The van der Waals surface area contributed by atoms with Crippen LogP contribution in [0.15, 0.2) is 30.6 Å². The first-order chi connectivity index (χ1) is 9.74. The molecule has 3 rings (SSSR count). The van der Waals surface area contributed by atoms with Gasteiger partial charge in [-0.2, -0.15) is 5.26 Å². The van der Waals surface area contributed by atoms with Gasteiger partial charge in [0.1, 0.15) is 11.6 Å². The maximum atomic E-state index is 11.5. The standard InChI is InChI=1S/C15H11N3O2/c16-8-11-13(15(19)20)12-5-1-2-7-18(12)14(11)10-4-3-6-17-9-10/h1,3-6,9H,2,7H2,(H,19,20). The van der Waals surface area contributed by atoms with E-state index in [1.165, 1.54) is 0 Å². The summed E-state index contributed by atoms with van der Waals surface area (Å²) in [6.45, 7) is 0.665. The number of fused-ring (bicyclic) bond motifs is 1. The summed E-state index contributed by atoms with van der Waals surface area (Å²) < 4.78 is 1.89. The minimum atomic E-state index is -1.08. The number of hydrogen-bond acceptors (Lipinski definition) is 3. The predicted molar refractivity (Wildman–Crippen MR) is 73.0 cm³/mol. The molecule has 0 radical (unpaired) electrons. The first kappa shape index (κ1) is 12.2. The third-order valence-corrected chi connectivity index (χ3v) is 3.36. The Morgan fingerprint density at radius 1 is 1.50 bits per heavy atom. The molecular weight excluding hydrogens is 254 g/mol. The number of aromatic carboxylic acids is 1. The zero-order valence-corrected chi connectivity index (χ0v) is 10.6. The Morgan fingerprint density at radius 2 is 2.35 bits per heavy atom. The molecule has 0 unspecified atom stereocenters. The largest absolute Gasteiger partial charge is 0.478 e. The van der Waals surface area contributed by atoms with E-state index in [1.54, 1.807) is 24.5 Å². The molecule has 0 amide bonds. The van der Waals surface area contributed by atoms with Crippen molar-refractivity contribution in [1.82, 2.24) is 9.55 Å². The number of carboxylic acids is 1. The molecule has 0 aromatic carbocycles. The summed E-state index contributed by atoms with van der Waals surface area (Å²) >= 11 is 0. The number of rotatable bonds is 2. The average Bonchev–Trinajstić information content (AvgIpc) is 2.82. The van der Waals surface area contributed by atoms with Crippen LogP contribution in [-0.4, -0.2) is 20.6 Å². The normalized spacial score (nSPS) is 12.8. The Bertz CT molecular complexity index is 752. The Balaban J connectivity index is 2.38. The third-order valence-electron chi connectivity index (χ3n) is 3.36. The molecule has 0 aliphatic carbocycles. The fourth-order valence-electron chi connectivity index (χ4n) is 2.57. The summed E-state index contributed by atoms with van der Waals surface area (Å²) in [6.07, 6.45) is 7.81. The molecule has 20 heavy (non-hydrogen) atoms. The topological polar surface area (TPSA) is 78.9 Å². The Labute approximate surface area is 115 Å². The summed E-state index contributed by atoms with van der Waals surface area (Å²) in [4.78, 5) is 15.5. The van der Waals surface area contributed by atoms with E-state index in [2.05, 4.69) is 4.98 Å². The van der Waals surface area contributed by atoms with Gasteiger partial charge in [-0.1, -0.05) is 6.08 Å². The molecule has 98 valence electrons. The minimum Gasteiger partial charge on any atom is -0.478 e. The maximum Gasteiger partial charge on any atom is 0.339 e. The monoisotopic (exact) mass is 265 g/mol. The van der Waals surface area contributed by atoms with Crippen molar-refractivity contribution in [3.63, 3.8) is 0 Å². The van der Waals surface area contributed by atoms with E-state index in [0.717, 1.165) is 12.0 Å². The number of carbonyl (C=O) groups is 1. The van der Waals surface area contributed by atoms with E-state index >= 15 is 0 Å². The SMILES string of the molecule is N#Cc1c(C(=O)O)c2n(c1-c1cccnc1)CCC=C2. The fraction of sp³-hybridized carbons (Fsp3) is 0.133. The zero-order chi connectivity index (χ0) is 14.1. The molecule has 0 fully saturated rings. The number of nitriles is 1. The van der Waals surface area contributed by atoms with Crippen LogP contribution in [0.5, 0.6) is 0 Å². The summed E-state index contributed by atoms with van der Waals surface area (Å²) in [5.41, 5.74) is 2.25. The second-order valence-electron chi connectivity index (χ2n) is 4.49. The lowest BCUT2D eigenvalue weighted by Gasteiger charge is -2.14. The van der Waals surface area contributed by atoms with Crippen LogP contribution in [0.1, 0.15) is 28.0 Å². The molecule has 0 saturated carbocycles. The van der Waals surface area contributed by atoms with Gasteiger partial charge >= 0.3 is 5.97 Å². The molecule has 0 bridgehead atoms. The number of allylic oxidation sites excluding steroid dienone is 1. The van der Waals surface area contributed by atoms with Gasteiger partial charge in [0.25, 0.3) is 0 Å². The average molecular weight is 265 g/mol. The molecule has 5 heteroatoms. The van der Waals surface area contributed by atoms with Gasteiger partial charge in [0, 0.05) is 24.5 Å². The lowest BCUT2D eigenvalue weighted by atomic mass is 10.1. The third kappa shape index (κ3) is 1.70. The number of aromatic nitrogens is 2. The van der Waals surface area contributed by atoms with Crippen LogP contribution in [0, 0.1) is 11.3 Å². The lowest BCUT2D eigenvalue weighted by Crippen LogP contribution is -2.07. The van der Waals surface area contributed by atoms with Gasteiger partial charge in [-0.05, 0) is 24.6 Å². The second kappa shape index (κ2) is 4.67. The highest BCUT2D eigenvalue weighted by molar-refractivity contribution is 5.98. The number of carboxylic acid groups (broad SMARTS) is 1.